The van der Waals surface area contributed by atoms with E-state index in [0.29, 0.717) is 18.4 Å². The number of hydrogen-bond donors (Lipinski definition) is 10. The third kappa shape index (κ3) is 17.3. The number of benzene rings is 1. The molecule has 0 bridgehead atoms. The van der Waals surface area contributed by atoms with Crippen molar-refractivity contribution in [2.45, 2.75) is 109 Å². The molecule has 18 heteroatoms. The Kier molecular flexibility index (Phi) is 20.3. The molecule has 7 amide bonds. The van der Waals surface area contributed by atoms with Gasteiger partial charge in [-0.3, -0.25) is 38.4 Å². The normalized spacial score (nSPS) is 14.4. The molecule has 18 nitrogen and oxygen atoms in total. The van der Waals surface area contributed by atoms with Crippen molar-refractivity contribution in [3.63, 3.8) is 0 Å². The van der Waals surface area contributed by atoms with Crippen LogP contribution >= 0.6 is 0 Å². The number of aliphatic carboxylic acids is 1. The lowest BCUT2D eigenvalue weighted by molar-refractivity contribution is -0.140. The predicted octanol–water partition coefficient (Wildman–Crippen LogP) is -2.06. The fourth-order valence-electron chi connectivity index (χ4n) is 5.07. The minimum atomic E-state index is -1.59. The molecular formula is C35H56N8O10. The molecule has 0 aliphatic heterocycles. The Morgan fingerprint density at radius 3 is 1.83 bits per heavy atom. The van der Waals surface area contributed by atoms with Crippen molar-refractivity contribution in [3.8, 4) is 0 Å². The molecule has 0 radical (unpaired) electrons. The van der Waals surface area contributed by atoms with Gasteiger partial charge in [-0.05, 0) is 30.2 Å². The van der Waals surface area contributed by atoms with Gasteiger partial charge in [0.1, 0.15) is 30.2 Å². The molecule has 1 aromatic carbocycles. The van der Waals surface area contributed by atoms with Crippen molar-refractivity contribution >= 4 is 47.3 Å². The topological polar surface area (TPSA) is 301 Å². The van der Waals surface area contributed by atoms with Crippen LogP contribution in [0.4, 0.5) is 0 Å². The van der Waals surface area contributed by atoms with Gasteiger partial charge in [-0.25, -0.2) is 0 Å². The molecule has 53 heavy (non-hydrogen) atoms. The molecule has 1 aromatic rings. The molecule has 6 atom stereocenters. The number of amides is 7. The Bertz CT molecular complexity index is 1410. The number of aliphatic hydroxyl groups is 1. The number of carboxylic acid groups (broad SMARTS) is 1. The molecule has 0 aliphatic rings. The van der Waals surface area contributed by atoms with E-state index in [-0.39, 0.29) is 18.8 Å². The fraction of sp³-hybridized carbons (Fsp3) is 0.600. The summed E-state index contributed by atoms with van der Waals surface area (Å²) in [6.07, 6.45) is 1.22. The summed E-state index contributed by atoms with van der Waals surface area (Å²) in [6, 6.07) is 1.01. The van der Waals surface area contributed by atoms with Gasteiger partial charge >= 0.3 is 5.97 Å². The summed E-state index contributed by atoms with van der Waals surface area (Å²) < 4.78 is 0. The summed E-state index contributed by atoms with van der Waals surface area (Å²) >= 11 is 0. The molecule has 1 rings (SSSR count). The molecule has 0 fully saturated rings. The van der Waals surface area contributed by atoms with Crippen molar-refractivity contribution in [1.29, 1.82) is 0 Å². The van der Waals surface area contributed by atoms with Crippen LogP contribution in [0.1, 0.15) is 72.3 Å². The zero-order valence-electron chi connectivity index (χ0n) is 31.0. The first kappa shape index (κ1) is 45.9. The van der Waals surface area contributed by atoms with Crippen LogP contribution in [0.25, 0.3) is 0 Å². The van der Waals surface area contributed by atoms with E-state index in [2.05, 4.69) is 31.9 Å². The second kappa shape index (κ2) is 23.5. The zero-order valence-corrected chi connectivity index (χ0v) is 31.0. The highest BCUT2D eigenvalue weighted by Gasteiger charge is 2.32. The molecule has 12 N–H and O–H groups in total. The van der Waals surface area contributed by atoms with E-state index in [1.54, 1.807) is 44.2 Å². The predicted molar refractivity (Wildman–Crippen MR) is 193 cm³/mol. The maximum atomic E-state index is 13.6. The van der Waals surface area contributed by atoms with Gasteiger partial charge in [0.15, 0.2) is 0 Å². The highest BCUT2D eigenvalue weighted by atomic mass is 16.4. The van der Waals surface area contributed by atoms with Gasteiger partial charge in [-0.1, -0.05) is 77.8 Å². The summed E-state index contributed by atoms with van der Waals surface area (Å²) in [5.74, 6) is -7.40. The first-order chi connectivity index (χ1) is 24.9. The molecule has 0 spiro atoms. The number of rotatable bonds is 24. The number of primary amides is 1. The van der Waals surface area contributed by atoms with Gasteiger partial charge in [0.25, 0.3) is 0 Å². The van der Waals surface area contributed by atoms with Crippen LogP contribution < -0.4 is 43.4 Å². The highest BCUT2D eigenvalue weighted by molar-refractivity contribution is 5.97. The first-order valence-corrected chi connectivity index (χ1v) is 17.6. The maximum Gasteiger partial charge on any atom is 0.305 e. The average Bonchev–Trinajstić information content (AvgIpc) is 3.08. The Morgan fingerprint density at radius 2 is 1.30 bits per heavy atom. The third-order valence-electron chi connectivity index (χ3n) is 8.00. The molecule has 0 heterocycles. The summed E-state index contributed by atoms with van der Waals surface area (Å²) in [5, 5.41) is 33.6. The monoisotopic (exact) mass is 748 g/mol. The number of carbonyl (C=O) groups excluding carboxylic acids is 7. The van der Waals surface area contributed by atoms with Gasteiger partial charge in [0, 0.05) is 6.42 Å². The number of aliphatic hydroxyl groups excluding tert-OH is 1. The smallest absolute Gasteiger partial charge is 0.305 e. The molecule has 0 saturated heterocycles. The second-order valence-electron chi connectivity index (χ2n) is 13.5. The largest absolute Gasteiger partial charge is 0.481 e. The number of carbonyl (C=O) groups is 8. The number of nitrogens with two attached hydrogens (primary N) is 2. The minimum Gasteiger partial charge on any atom is -0.481 e. The molecular weight excluding hydrogens is 692 g/mol. The van der Waals surface area contributed by atoms with Crippen LogP contribution in [0.2, 0.25) is 0 Å². The molecule has 1 unspecified atom stereocenters. The van der Waals surface area contributed by atoms with E-state index in [1.807, 2.05) is 20.8 Å². The summed E-state index contributed by atoms with van der Waals surface area (Å²) in [6.45, 7) is 7.45. The quantitative estimate of drug-likeness (QED) is 0.0548. The number of carboxylic acids is 1. The highest BCUT2D eigenvalue weighted by Crippen LogP contribution is 2.09. The molecule has 296 valence electrons. The van der Waals surface area contributed by atoms with Crippen LogP contribution in [-0.2, 0) is 44.8 Å². The average molecular weight is 749 g/mol. The summed E-state index contributed by atoms with van der Waals surface area (Å²) in [4.78, 5) is 101. The van der Waals surface area contributed by atoms with Gasteiger partial charge in [-0.2, -0.15) is 0 Å². The van der Waals surface area contributed by atoms with Crippen LogP contribution in [0.5, 0.6) is 0 Å². The second-order valence-corrected chi connectivity index (χ2v) is 13.5. The third-order valence-corrected chi connectivity index (χ3v) is 8.00. The van der Waals surface area contributed by atoms with E-state index in [1.165, 1.54) is 0 Å². The summed E-state index contributed by atoms with van der Waals surface area (Å²) in [5.41, 5.74) is 11.6. The first-order valence-electron chi connectivity index (χ1n) is 17.6. The van der Waals surface area contributed by atoms with Crippen molar-refractivity contribution in [3.05, 3.63) is 35.9 Å². The van der Waals surface area contributed by atoms with Crippen molar-refractivity contribution in [2.24, 2.45) is 23.3 Å². The number of nitrogens with one attached hydrogen (secondary N) is 6. The Labute approximate surface area is 309 Å². The van der Waals surface area contributed by atoms with Crippen LogP contribution in [0.15, 0.2) is 30.3 Å². The zero-order chi connectivity index (χ0) is 40.2. The van der Waals surface area contributed by atoms with E-state index < -0.39 is 109 Å². The molecule has 0 aliphatic carbocycles. The number of hydrogen-bond acceptors (Lipinski definition) is 10. The Hall–Kier alpha value is -5.10. The lowest BCUT2D eigenvalue weighted by Gasteiger charge is -2.27. The molecule has 0 aromatic heterocycles. The SMILES string of the molecule is CCCCC(NC(=O)[C@H](CC(C)C)NC(=O)CNC(=O)[C@@H](NC(=O)[C@H](Cc1ccccc1)NC(=O)[C@H](CO)NC(=O)[C@@H](N)CC(=O)O)C(C)C)C(N)=O. The van der Waals surface area contributed by atoms with E-state index in [0.717, 1.165) is 6.42 Å². The maximum absolute atomic E-state index is 13.6. The van der Waals surface area contributed by atoms with Gasteiger partial charge in [-0.15, -0.1) is 0 Å². The Morgan fingerprint density at radius 1 is 0.736 bits per heavy atom. The lowest BCUT2D eigenvalue weighted by atomic mass is 10.0. The van der Waals surface area contributed by atoms with Gasteiger partial charge < -0.3 is 53.6 Å². The minimum absolute atomic E-state index is 0.0217. The van der Waals surface area contributed by atoms with Crippen molar-refractivity contribution in [1.82, 2.24) is 31.9 Å². The van der Waals surface area contributed by atoms with E-state index in [4.69, 9.17) is 16.6 Å². The van der Waals surface area contributed by atoms with Crippen LogP contribution in [-0.4, -0.2) is 107 Å². The van der Waals surface area contributed by atoms with Crippen molar-refractivity contribution < 1.29 is 48.6 Å². The van der Waals surface area contributed by atoms with E-state index in [9.17, 15) is 43.5 Å². The summed E-state index contributed by atoms with van der Waals surface area (Å²) in [7, 11) is 0. The Balaban J connectivity index is 3.07. The fourth-order valence-corrected chi connectivity index (χ4v) is 5.07. The van der Waals surface area contributed by atoms with Crippen LogP contribution in [0.3, 0.4) is 0 Å². The van der Waals surface area contributed by atoms with Gasteiger partial charge in [0.05, 0.1) is 25.6 Å². The standard InChI is InChI=1S/C35H56N8O10/c1-6-7-13-23(30(37)48)40-32(50)24(14-19(2)3)39-27(45)17-38-35(53)29(20(4)5)43-33(51)25(15-21-11-9-8-10-12-21)41-34(52)26(18-44)42-31(49)22(36)16-28(46)47/h8-12,19-20,22-26,29,44H,6-7,13-18,36H2,1-5H3,(H2,37,48)(H,38,53)(H,39,45)(H,40,50)(H,41,52)(H,42,49)(H,43,51)(H,46,47)/t22-,23?,24-,25-,26-,29-/m0/s1. The van der Waals surface area contributed by atoms with Gasteiger partial charge in [0.2, 0.25) is 41.4 Å². The van der Waals surface area contributed by atoms with E-state index >= 15 is 0 Å². The number of unbranched alkanes of at least 4 members (excludes halogenated alkanes) is 1. The van der Waals surface area contributed by atoms with Crippen LogP contribution in [0, 0.1) is 11.8 Å². The van der Waals surface area contributed by atoms with Crippen molar-refractivity contribution in [2.75, 3.05) is 13.2 Å². The lowest BCUT2D eigenvalue weighted by Crippen LogP contribution is -2.60. The molecule has 0 saturated carbocycles.